The Balaban J connectivity index is 2.03. The zero-order chi connectivity index (χ0) is 12.3. The third-order valence-electron chi connectivity index (χ3n) is 3.13. The highest BCUT2D eigenvalue weighted by Crippen LogP contribution is 2.45. The first-order chi connectivity index (χ1) is 8.20. The second-order valence-corrected chi connectivity index (χ2v) is 4.40. The Morgan fingerprint density at radius 3 is 2.88 bits per heavy atom. The van der Waals surface area contributed by atoms with Gasteiger partial charge in [0, 0.05) is 18.3 Å². The molecule has 1 fully saturated rings. The quantitative estimate of drug-likeness (QED) is 0.816. The first-order valence-corrected chi connectivity index (χ1v) is 5.94. The summed E-state index contributed by atoms with van der Waals surface area (Å²) in [5, 5.41) is 2.90. The molecule has 0 bridgehead atoms. The van der Waals surface area contributed by atoms with Crippen LogP contribution in [-0.2, 0) is 4.79 Å². The number of ether oxygens (including phenoxy) is 1. The lowest BCUT2D eigenvalue weighted by atomic mass is 10.1. The lowest BCUT2D eigenvalue weighted by molar-refractivity contribution is -0.120. The highest BCUT2D eigenvalue weighted by molar-refractivity contribution is 5.97. The minimum absolute atomic E-state index is 0.0219. The van der Waals surface area contributed by atoms with E-state index in [-0.39, 0.29) is 11.3 Å². The van der Waals surface area contributed by atoms with Crippen LogP contribution in [0.5, 0.6) is 5.75 Å². The minimum Gasteiger partial charge on any atom is -0.494 e. The van der Waals surface area contributed by atoms with Crippen LogP contribution in [0.1, 0.15) is 19.8 Å². The van der Waals surface area contributed by atoms with Crippen LogP contribution in [0, 0.1) is 5.41 Å². The van der Waals surface area contributed by atoms with Crippen LogP contribution in [0.3, 0.4) is 0 Å². The number of anilines is 1. The van der Waals surface area contributed by atoms with E-state index < -0.39 is 0 Å². The summed E-state index contributed by atoms with van der Waals surface area (Å²) < 4.78 is 5.38. The number of nitrogens with two attached hydrogens (primary N) is 1. The van der Waals surface area contributed by atoms with Crippen LogP contribution in [-0.4, -0.2) is 19.1 Å². The molecule has 4 nitrogen and oxygen atoms in total. The lowest BCUT2D eigenvalue weighted by Gasteiger charge is -2.13. The molecule has 1 aromatic rings. The second-order valence-electron chi connectivity index (χ2n) is 4.40. The Bertz CT molecular complexity index is 414. The third kappa shape index (κ3) is 2.58. The molecule has 17 heavy (non-hydrogen) atoms. The van der Waals surface area contributed by atoms with Gasteiger partial charge in [0.25, 0.3) is 0 Å². The number of nitrogens with one attached hydrogen (secondary N) is 1. The van der Waals surface area contributed by atoms with Crippen LogP contribution in [0.15, 0.2) is 24.3 Å². The van der Waals surface area contributed by atoms with Gasteiger partial charge in [-0.2, -0.15) is 0 Å². The Morgan fingerprint density at radius 1 is 1.53 bits per heavy atom. The number of hydrogen-bond acceptors (Lipinski definition) is 3. The maximum Gasteiger partial charge on any atom is 0.231 e. The van der Waals surface area contributed by atoms with Crippen LogP contribution in [0.25, 0.3) is 0 Å². The first kappa shape index (κ1) is 11.9. The molecule has 0 aliphatic heterocycles. The SMILES string of the molecule is CCOc1cccc(NC(=O)C2(CN)CC2)c1. The van der Waals surface area contributed by atoms with E-state index in [1.54, 1.807) is 0 Å². The van der Waals surface area contributed by atoms with Gasteiger partial charge in [-0.3, -0.25) is 4.79 Å². The fourth-order valence-electron chi connectivity index (χ4n) is 1.77. The summed E-state index contributed by atoms with van der Waals surface area (Å²) in [6.07, 6.45) is 1.78. The van der Waals surface area contributed by atoms with Gasteiger partial charge in [-0.15, -0.1) is 0 Å². The summed E-state index contributed by atoms with van der Waals surface area (Å²) in [6.45, 7) is 2.97. The molecule has 0 radical (unpaired) electrons. The highest BCUT2D eigenvalue weighted by Gasteiger charge is 2.48. The van der Waals surface area contributed by atoms with Gasteiger partial charge in [0.2, 0.25) is 5.91 Å². The third-order valence-corrected chi connectivity index (χ3v) is 3.13. The molecule has 2 rings (SSSR count). The summed E-state index contributed by atoms with van der Waals surface area (Å²) in [4.78, 5) is 12.0. The summed E-state index contributed by atoms with van der Waals surface area (Å²) >= 11 is 0. The van der Waals surface area contributed by atoms with E-state index >= 15 is 0 Å². The summed E-state index contributed by atoms with van der Waals surface area (Å²) in [7, 11) is 0. The van der Waals surface area contributed by atoms with Crippen molar-refractivity contribution in [2.75, 3.05) is 18.5 Å². The Kier molecular flexibility index (Phi) is 3.33. The molecule has 0 aromatic heterocycles. The smallest absolute Gasteiger partial charge is 0.231 e. The number of carbonyl (C=O) groups excluding carboxylic acids is 1. The molecule has 1 amide bonds. The Morgan fingerprint density at radius 2 is 2.29 bits per heavy atom. The van der Waals surface area contributed by atoms with Gasteiger partial charge in [-0.1, -0.05) is 6.07 Å². The molecule has 92 valence electrons. The van der Waals surface area contributed by atoms with Gasteiger partial charge in [-0.05, 0) is 31.9 Å². The van der Waals surface area contributed by atoms with E-state index in [0.717, 1.165) is 24.3 Å². The van der Waals surface area contributed by atoms with Crippen molar-refractivity contribution in [3.05, 3.63) is 24.3 Å². The number of benzene rings is 1. The first-order valence-electron chi connectivity index (χ1n) is 5.94. The Labute approximate surface area is 101 Å². The van der Waals surface area contributed by atoms with Crippen LogP contribution >= 0.6 is 0 Å². The Hall–Kier alpha value is -1.55. The molecule has 0 unspecified atom stereocenters. The summed E-state index contributed by atoms with van der Waals surface area (Å²) in [6, 6.07) is 7.42. The van der Waals surface area contributed by atoms with Gasteiger partial charge in [-0.25, -0.2) is 0 Å². The molecule has 1 saturated carbocycles. The van der Waals surface area contributed by atoms with Gasteiger partial charge < -0.3 is 15.8 Å². The molecular weight excluding hydrogens is 216 g/mol. The average Bonchev–Trinajstić information content (AvgIpc) is 3.11. The minimum atomic E-state index is -0.318. The predicted molar refractivity (Wildman–Crippen MR) is 67.0 cm³/mol. The van der Waals surface area contributed by atoms with E-state index in [9.17, 15) is 4.79 Å². The van der Waals surface area contributed by atoms with E-state index in [2.05, 4.69) is 5.32 Å². The predicted octanol–water partition coefficient (Wildman–Crippen LogP) is 1.76. The average molecular weight is 234 g/mol. The van der Waals surface area contributed by atoms with E-state index in [4.69, 9.17) is 10.5 Å². The molecule has 1 aliphatic rings. The van der Waals surface area contributed by atoms with Gasteiger partial charge in [0.05, 0.1) is 12.0 Å². The van der Waals surface area contributed by atoms with E-state index in [0.29, 0.717) is 13.2 Å². The largest absolute Gasteiger partial charge is 0.494 e. The maximum atomic E-state index is 12.0. The second kappa shape index (κ2) is 4.75. The van der Waals surface area contributed by atoms with Crippen LogP contribution in [0.2, 0.25) is 0 Å². The van der Waals surface area contributed by atoms with Crippen LogP contribution < -0.4 is 15.8 Å². The molecule has 3 N–H and O–H groups in total. The number of rotatable bonds is 5. The molecule has 4 heteroatoms. The molecule has 1 aromatic carbocycles. The summed E-state index contributed by atoms with van der Waals surface area (Å²) in [5.74, 6) is 0.788. The monoisotopic (exact) mass is 234 g/mol. The molecule has 0 atom stereocenters. The van der Waals surface area contributed by atoms with Gasteiger partial charge in [0.1, 0.15) is 5.75 Å². The van der Waals surface area contributed by atoms with Gasteiger partial charge >= 0.3 is 0 Å². The van der Waals surface area contributed by atoms with Crippen molar-refractivity contribution in [1.29, 1.82) is 0 Å². The lowest BCUT2D eigenvalue weighted by Crippen LogP contribution is -2.30. The maximum absolute atomic E-state index is 12.0. The van der Waals surface area contributed by atoms with Crippen molar-refractivity contribution >= 4 is 11.6 Å². The molecule has 0 spiro atoms. The standard InChI is InChI=1S/C13H18N2O2/c1-2-17-11-5-3-4-10(8-11)15-12(16)13(9-14)6-7-13/h3-5,8H,2,6-7,9,14H2,1H3,(H,15,16). The molecule has 1 aliphatic carbocycles. The normalized spacial score (nSPS) is 16.4. The van der Waals surface area contributed by atoms with E-state index in [1.807, 2.05) is 31.2 Å². The topological polar surface area (TPSA) is 64.3 Å². The highest BCUT2D eigenvalue weighted by atomic mass is 16.5. The fourth-order valence-corrected chi connectivity index (χ4v) is 1.77. The fraction of sp³-hybridized carbons (Fsp3) is 0.462. The zero-order valence-corrected chi connectivity index (χ0v) is 10.0. The number of amides is 1. The summed E-state index contributed by atoms with van der Waals surface area (Å²) in [5.41, 5.74) is 6.06. The molecule has 0 saturated heterocycles. The van der Waals surface area contributed by atoms with Crippen LogP contribution in [0.4, 0.5) is 5.69 Å². The van der Waals surface area contributed by atoms with Crippen molar-refractivity contribution in [1.82, 2.24) is 0 Å². The van der Waals surface area contributed by atoms with E-state index in [1.165, 1.54) is 0 Å². The molecular formula is C13H18N2O2. The number of carbonyl (C=O) groups is 1. The number of hydrogen-bond donors (Lipinski definition) is 2. The van der Waals surface area contributed by atoms with Crippen molar-refractivity contribution in [2.24, 2.45) is 11.1 Å². The molecule has 0 heterocycles. The van der Waals surface area contributed by atoms with Crippen molar-refractivity contribution < 1.29 is 9.53 Å². The van der Waals surface area contributed by atoms with Gasteiger partial charge in [0.15, 0.2) is 0 Å². The van der Waals surface area contributed by atoms with Crippen molar-refractivity contribution in [3.8, 4) is 5.75 Å². The van der Waals surface area contributed by atoms with Crippen molar-refractivity contribution in [2.45, 2.75) is 19.8 Å². The zero-order valence-electron chi connectivity index (χ0n) is 10.0. The van der Waals surface area contributed by atoms with Crippen molar-refractivity contribution in [3.63, 3.8) is 0 Å².